The van der Waals surface area contributed by atoms with E-state index in [-0.39, 0.29) is 11.6 Å². The van der Waals surface area contributed by atoms with E-state index in [0.29, 0.717) is 35.1 Å². The van der Waals surface area contributed by atoms with E-state index in [2.05, 4.69) is 25.1 Å². The quantitative estimate of drug-likeness (QED) is 0.294. The summed E-state index contributed by atoms with van der Waals surface area (Å²) in [6.07, 6.45) is 2.75. The molecule has 10 nitrogen and oxygen atoms in total. The molecule has 0 unspecified atom stereocenters. The van der Waals surface area contributed by atoms with E-state index in [1.165, 1.54) is 14.2 Å². The zero-order valence-electron chi connectivity index (χ0n) is 21.8. The van der Waals surface area contributed by atoms with Gasteiger partial charge in [0.05, 0.1) is 31.9 Å². The molecule has 1 aromatic carbocycles. The summed E-state index contributed by atoms with van der Waals surface area (Å²) in [5.74, 6) is -0.0167. The average molecular weight is 541 g/mol. The third kappa shape index (κ3) is 5.35. The van der Waals surface area contributed by atoms with Crippen LogP contribution in [0.25, 0.3) is 17.2 Å². The smallest absolute Gasteiger partial charge is 0.187 e. The summed E-state index contributed by atoms with van der Waals surface area (Å²) in [4.78, 5) is 12.6. The third-order valence-corrected chi connectivity index (χ3v) is 8.60. The highest BCUT2D eigenvalue weighted by Crippen LogP contribution is 2.37. The van der Waals surface area contributed by atoms with Crippen LogP contribution in [-0.4, -0.2) is 57.6 Å². The Morgan fingerprint density at radius 1 is 0.974 bits per heavy atom. The second-order valence-corrected chi connectivity index (χ2v) is 11.1. The molecule has 2 atom stereocenters. The highest BCUT2D eigenvalue weighted by molar-refractivity contribution is 7.91. The average Bonchev–Trinajstić information content (AvgIpc) is 3.34. The molecule has 0 aliphatic rings. The zero-order chi connectivity index (χ0) is 27.4. The summed E-state index contributed by atoms with van der Waals surface area (Å²) in [7, 11) is -0.791. The lowest BCUT2D eigenvalue weighted by Crippen LogP contribution is -2.27. The Labute approximate surface area is 220 Å². The second kappa shape index (κ2) is 11.2. The second-order valence-electron chi connectivity index (χ2n) is 8.71. The number of sulfone groups is 1. The number of methoxy groups -OCH3 is 2. The predicted octanol–water partition coefficient (Wildman–Crippen LogP) is 3.95. The van der Waals surface area contributed by atoms with E-state index >= 15 is 0 Å². The molecule has 3 aromatic heterocycles. The van der Waals surface area contributed by atoms with Crippen LogP contribution in [0.5, 0.6) is 11.5 Å². The van der Waals surface area contributed by atoms with Gasteiger partial charge in [-0.05, 0) is 37.6 Å². The van der Waals surface area contributed by atoms with Crippen LogP contribution >= 0.6 is 0 Å². The van der Waals surface area contributed by atoms with Crippen LogP contribution in [0.3, 0.4) is 0 Å². The molecule has 0 saturated heterocycles. The normalized spacial score (nSPS) is 13.2. The van der Waals surface area contributed by atoms with E-state index in [9.17, 15) is 12.8 Å². The van der Waals surface area contributed by atoms with E-state index < -0.39 is 32.6 Å². The number of aryl methyl sites for hydroxylation is 1. The predicted molar refractivity (Wildman–Crippen MR) is 140 cm³/mol. The number of para-hydroxylation sites is 1. The van der Waals surface area contributed by atoms with Gasteiger partial charge in [-0.3, -0.25) is 4.57 Å². The molecule has 4 aromatic rings. The Morgan fingerprint density at radius 3 is 2.21 bits per heavy atom. The number of benzene rings is 1. The Kier molecular flexibility index (Phi) is 8.00. The number of hydrogen-bond acceptors (Lipinski definition) is 9. The van der Waals surface area contributed by atoms with Crippen molar-refractivity contribution in [3.63, 3.8) is 0 Å². The molecule has 200 valence electrons. The monoisotopic (exact) mass is 540 g/mol. The lowest BCUT2D eigenvalue weighted by molar-refractivity contribution is 0.390. The SMILES string of the molecule is CCc1cccc(-c2nnc(CS(=O)(=O)[C@@H](C)[C@H](C)c3ncc(F)cn3)n2-c2c(OC)cccc2OC)n1. The summed E-state index contributed by atoms with van der Waals surface area (Å²) >= 11 is 0. The van der Waals surface area contributed by atoms with Crippen molar-refractivity contribution in [3.05, 3.63) is 72.0 Å². The third-order valence-electron chi connectivity index (χ3n) is 6.40. The molecule has 0 N–H and O–H groups in total. The maximum Gasteiger partial charge on any atom is 0.187 e. The van der Waals surface area contributed by atoms with Crippen molar-refractivity contribution in [2.45, 2.75) is 44.1 Å². The van der Waals surface area contributed by atoms with Crippen molar-refractivity contribution in [1.29, 1.82) is 0 Å². The molecule has 4 rings (SSSR count). The molecular weight excluding hydrogens is 511 g/mol. The minimum Gasteiger partial charge on any atom is -0.494 e. The Bertz CT molecular complexity index is 1500. The van der Waals surface area contributed by atoms with E-state index in [4.69, 9.17) is 9.47 Å². The minimum absolute atomic E-state index is 0.158. The molecule has 0 aliphatic carbocycles. The molecule has 0 bridgehead atoms. The molecule has 0 spiro atoms. The van der Waals surface area contributed by atoms with E-state index in [1.54, 1.807) is 42.7 Å². The molecule has 0 amide bonds. The van der Waals surface area contributed by atoms with Gasteiger partial charge in [-0.1, -0.05) is 26.0 Å². The summed E-state index contributed by atoms with van der Waals surface area (Å²) < 4.78 is 53.4. The minimum atomic E-state index is -3.82. The first-order valence-electron chi connectivity index (χ1n) is 12.0. The van der Waals surface area contributed by atoms with Crippen LogP contribution in [0.1, 0.15) is 44.0 Å². The van der Waals surface area contributed by atoms with Gasteiger partial charge in [-0.15, -0.1) is 10.2 Å². The summed E-state index contributed by atoms with van der Waals surface area (Å²) in [6, 6.07) is 10.8. The van der Waals surface area contributed by atoms with Gasteiger partial charge in [0.1, 0.15) is 34.5 Å². The summed E-state index contributed by atoms with van der Waals surface area (Å²) in [6.45, 7) is 5.25. The summed E-state index contributed by atoms with van der Waals surface area (Å²) in [5.41, 5.74) is 1.82. The number of pyridine rings is 1. The van der Waals surface area contributed by atoms with E-state index in [1.807, 2.05) is 19.1 Å². The fourth-order valence-corrected chi connectivity index (χ4v) is 5.61. The zero-order valence-corrected chi connectivity index (χ0v) is 22.6. The fourth-order valence-electron chi connectivity index (χ4n) is 4.05. The molecule has 12 heteroatoms. The largest absolute Gasteiger partial charge is 0.494 e. The van der Waals surface area contributed by atoms with E-state index in [0.717, 1.165) is 18.1 Å². The number of aromatic nitrogens is 6. The Balaban J connectivity index is 1.84. The van der Waals surface area contributed by atoms with Crippen molar-refractivity contribution >= 4 is 9.84 Å². The first-order chi connectivity index (χ1) is 18.2. The first kappa shape index (κ1) is 27.1. The molecule has 0 saturated carbocycles. The lowest BCUT2D eigenvalue weighted by Gasteiger charge is -2.20. The van der Waals surface area contributed by atoms with Crippen molar-refractivity contribution in [3.8, 4) is 28.7 Å². The number of ether oxygens (including phenoxy) is 2. The number of nitrogens with zero attached hydrogens (tertiary/aromatic N) is 6. The maximum atomic E-state index is 13.6. The number of rotatable bonds is 10. The van der Waals surface area contributed by atoms with Crippen LogP contribution in [0.15, 0.2) is 48.8 Å². The van der Waals surface area contributed by atoms with Crippen molar-refractivity contribution in [2.75, 3.05) is 14.2 Å². The maximum absolute atomic E-state index is 13.6. The highest BCUT2D eigenvalue weighted by Gasteiger charge is 2.33. The number of halogens is 1. The van der Waals surface area contributed by atoms with Crippen LogP contribution in [0, 0.1) is 5.82 Å². The van der Waals surface area contributed by atoms with Crippen LogP contribution in [-0.2, 0) is 22.0 Å². The van der Waals surface area contributed by atoms with Crippen LogP contribution in [0.2, 0.25) is 0 Å². The fraction of sp³-hybridized carbons (Fsp3) is 0.346. The van der Waals surface area contributed by atoms with Gasteiger partial charge in [-0.2, -0.15) is 0 Å². The number of hydrogen-bond donors (Lipinski definition) is 0. The Morgan fingerprint density at radius 2 is 1.61 bits per heavy atom. The molecule has 0 fully saturated rings. The van der Waals surface area contributed by atoms with Gasteiger partial charge in [0, 0.05) is 11.6 Å². The summed E-state index contributed by atoms with van der Waals surface area (Å²) in [5, 5.41) is 7.74. The standard InChI is InChI=1S/C26H29FN6O4S/c1-6-19-9-7-10-20(30-19)26-32-31-23(33(26)24-21(36-4)11-8-12-22(24)37-5)15-38(34,35)17(3)16(2)25-28-13-18(27)14-29-25/h7-14,16-17H,6,15H2,1-5H3/t16-,17-/m0/s1. The highest BCUT2D eigenvalue weighted by atomic mass is 32.2. The van der Waals surface area contributed by atoms with Crippen molar-refractivity contribution in [1.82, 2.24) is 29.7 Å². The molecule has 0 radical (unpaired) electrons. The van der Waals surface area contributed by atoms with Gasteiger partial charge >= 0.3 is 0 Å². The van der Waals surface area contributed by atoms with Crippen LogP contribution in [0.4, 0.5) is 4.39 Å². The lowest BCUT2D eigenvalue weighted by atomic mass is 10.1. The van der Waals surface area contributed by atoms with Gasteiger partial charge in [0.2, 0.25) is 0 Å². The topological polar surface area (TPSA) is 122 Å². The molecule has 38 heavy (non-hydrogen) atoms. The first-order valence-corrected chi connectivity index (χ1v) is 13.7. The van der Waals surface area contributed by atoms with Gasteiger partial charge in [0.15, 0.2) is 27.3 Å². The van der Waals surface area contributed by atoms with Gasteiger partial charge in [0.25, 0.3) is 0 Å². The van der Waals surface area contributed by atoms with Gasteiger partial charge in [-0.25, -0.2) is 27.8 Å². The van der Waals surface area contributed by atoms with Crippen molar-refractivity contribution < 1.29 is 22.3 Å². The molecule has 3 heterocycles. The van der Waals surface area contributed by atoms with Gasteiger partial charge < -0.3 is 9.47 Å². The Hall–Kier alpha value is -3.93. The molecule has 0 aliphatic heterocycles. The van der Waals surface area contributed by atoms with Crippen LogP contribution < -0.4 is 9.47 Å². The molecular formula is C26H29FN6O4S. The van der Waals surface area contributed by atoms with Crippen molar-refractivity contribution in [2.24, 2.45) is 0 Å².